The van der Waals surface area contributed by atoms with Crippen LogP contribution in [0.25, 0.3) is 0 Å². The summed E-state index contributed by atoms with van der Waals surface area (Å²) in [5, 5.41) is 8.59. The largest absolute Gasteiger partial charge is 0.480 e. The van der Waals surface area contributed by atoms with Crippen molar-refractivity contribution < 1.29 is 14.7 Å². The number of amides is 1. The molecule has 0 saturated carbocycles. The molecule has 0 aliphatic heterocycles. The smallest absolute Gasteiger partial charge is 0.323 e. The standard InChI is InChI=1S/C12H16N2O3/c1-14(8-12(16)17)11(15)6-9-4-2-3-5-10(9)7-13/h2-5H,6-8,13H2,1H3,(H,16,17). The fraction of sp³-hybridized carbons (Fsp3) is 0.333. The zero-order chi connectivity index (χ0) is 12.8. The Morgan fingerprint density at radius 1 is 1.29 bits per heavy atom. The van der Waals surface area contributed by atoms with E-state index in [-0.39, 0.29) is 18.9 Å². The molecular weight excluding hydrogens is 220 g/mol. The molecule has 0 fully saturated rings. The Hall–Kier alpha value is -1.88. The molecule has 1 rings (SSSR count). The summed E-state index contributed by atoms with van der Waals surface area (Å²) in [6, 6.07) is 7.38. The zero-order valence-corrected chi connectivity index (χ0v) is 9.72. The number of carbonyl (C=O) groups is 2. The second-order valence-electron chi connectivity index (χ2n) is 3.79. The molecule has 0 unspecified atom stereocenters. The van der Waals surface area contributed by atoms with Gasteiger partial charge in [0.2, 0.25) is 5.91 Å². The van der Waals surface area contributed by atoms with Gasteiger partial charge in [-0.2, -0.15) is 0 Å². The molecule has 0 spiro atoms. The first-order chi connectivity index (χ1) is 8.04. The Bertz CT molecular complexity index is 418. The number of benzene rings is 1. The Morgan fingerprint density at radius 2 is 1.88 bits per heavy atom. The van der Waals surface area contributed by atoms with E-state index in [0.29, 0.717) is 6.54 Å². The van der Waals surface area contributed by atoms with Crippen LogP contribution in [0.2, 0.25) is 0 Å². The van der Waals surface area contributed by atoms with Crippen molar-refractivity contribution in [3.8, 4) is 0 Å². The van der Waals surface area contributed by atoms with Crippen molar-refractivity contribution in [1.82, 2.24) is 4.90 Å². The number of carboxylic acid groups (broad SMARTS) is 1. The number of hydrogen-bond acceptors (Lipinski definition) is 3. The van der Waals surface area contributed by atoms with E-state index in [1.54, 1.807) is 0 Å². The molecule has 3 N–H and O–H groups in total. The Morgan fingerprint density at radius 3 is 2.41 bits per heavy atom. The molecule has 0 bridgehead atoms. The summed E-state index contributed by atoms with van der Waals surface area (Å²) in [6.45, 7) is 0.0791. The molecule has 1 amide bonds. The highest BCUT2D eigenvalue weighted by Gasteiger charge is 2.13. The monoisotopic (exact) mass is 236 g/mol. The number of nitrogens with zero attached hydrogens (tertiary/aromatic N) is 1. The Kier molecular flexibility index (Phi) is 4.66. The lowest BCUT2D eigenvalue weighted by Gasteiger charge is -2.15. The summed E-state index contributed by atoms with van der Waals surface area (Å²) in [6.07, 6.45) is 0.178. The minimum Gasteiger partial charge on any atom is -0.480 e. The maximum absolute atomic E-state index is 11.7. The van der Waals surface area contributed by atoms with Crippen molar-refractivity contribution in [3.63, 3.8) is 0 Å². The van der Waals surface area contributed by atoms with Crippen molar-refractivity contribution in [2.75, 3.05) is 13.6 Å². The van der Waals surface area contributed by atoms with E-state index in [0.717, 1.165) is 11.1 Å². The van der Waals surface area contributed by atoms with Crippen molar-refractivity contribution in [2.24, 2.45) is 5.73 Å². The summed E-state index contributed by atoms with van der Waals surface area (Å²) < 4.78 is 0. The van der Waals surface area contributed by atoms with Crippen LogP contribution in [0.3, 0.4) is 0 Å². The Labute approximate surface area is 99.8 Å². The number of likely N-dealkylation sites (N-methyl/N-ethyl adjacent to an activating group) is 1. The lowest BCUT2D eigenvalue weighted by Crippen LogP contribution is -2.33. The molecule has 5 nitrogen and oxygen atoms in total. The minimum absolute atomic E-state index is 0.178. The topological polar surface area (TPSA) is 83.6 Å². The van der Waals surface area contributed by atoms with E-state index >= 15 is 0 Å². The van der Waals surface area contributed by atoms with Gasteiger partial charge in [0.15, 0.2) is 0 Å². The second kappa shape index (κ2) is 6.00. The van der Waals surface area contributed by atoms with Crippen molar-refractivity contribution in [2.45, 2.75) is 13.0 Å². The van der Waals surface area contributed by atoms with Crippen LogP contribution < -0.4 is 5.73 Å². The van der Waals surface area contributed by atoms with Crippen LogP contribution in [0.4, 0.5) is 0 Å². The van der Waals surface area contributed by atoms with Gasteiger partial charge in [0.05, 0.1) is 6.42 Å². The molecule has 0 aliphatic carbocycles. The normalized spacial score (nSPS) is 10.0. The average molecular weight is 236 g/mol. The number of hydrogen-bond donors (Lipinski definition) is 2. The van der Waals surface area contributed by atoms with Crippen LogP contribution >= 0.6 is 0 Å². The number of aliphatic carboxylic acids is 1. The van der Waals surface area contributed by atoms with Crippen LogP contribution in [-0.2, 0) is 22.6 Å². The van der Waals surface area contributed by atoms with Gasteiger partial charge in [-0.05, 0) is 11.1 Å². The number of nitrogens with two attached hydrogens (primary N) is 1. The zero-order valence-electron chi connectivity index (χ0n) is 9.72. The average Bonchev–Trinajstić information content (AvgIpc) is 2.28. The quantitative estimate of drug-likeness (QED) is 0.766. The van der Waals surface area contributed by atoms with Gasteiger partial charge in [0.1, 0.15) is 6.54 Å². The van der Waals surface area contributed by atoms with Crippen molar-refractivity contribution in [1.29, 1.82) is 0 Å². The van der Waals surface area contributed by atoms with Crippen LogP contribution in [0, 0.1) is 0 Å². The van der Waals surface area contributed by atoms with Gasteiger partial charge in [-0.1, -0.05) is 24.3 Å². The first-order valence-electron chi connectivity index (χ1n) is 5.27. The molecule has 5 heteroatoms. The van der Waals surface area contributed by atoms with E-state index in [2.05, 4.69) is 0 Å². The molecule has 1 aromatic rings. The van der Waals surface area contributed by atoms with Gasteiger partial charge in [-0.15, -0.1) is 0 Å². The van der Waals surface area contributed by atoms with E-state index in [1.807, 2.05) is 24.3 Å². The van der Waals surface area contributed by atoms with Gasteiger partial charge in [0.25, 0.3) is 0 Å². The van der Waals surface area contributed by atoms with E-state index in [9.17, 15) is 9.59 Å². The summed E-state index contributed by atoms with van der Waals surface area (Å²) in [5.74, 6) is -1.25. The molecule has 0 heterocycles. The maximum atomic E-state index is 11.7. The first kappa shape index (κ1) is 13.2. The third kappa shape index (κ3) is 3.88. The van der Waals surface area contributed by atoms with Crippen LogP contribution in [0.1, 0.15) is 11.1 Å². The maximum Gasteiger partial charge on any atom is 0.323 e. The van der Waals surface area contributed by atoms with Crippen LogP contribution in [-0.4, -0.2) is 35.5 Å². The highest BCUT2D eigenvalue weighted by molar-refractivity contribution is 5.82. The number of carbonyl (C=O) groups excluding carboxylic acids is 1. The van der Waals surface area contributed by atoms with Gasteiger partial charge in [-0.3, -0.25) is 9.59 Å². The molecule has 17 heavy (non-hydrogen) atoms. The molecular formula is C12H16N2O3. The van der Waals surface area contributed by atoms with Gasteiger partial charge >= 0.3 is 5.97 Å². The number of carboxylic acids is 1. The summed E-state index contributed by atoms with van der Waals surface area (Å²) in [5.41, 5.74) is 7.32. The van der Waals surface area contributed by atoms with Crippen molar-refractivity contribution >= 4 is 11.9 Å². The van der Waals surface area contributed by atoms with Gasteiger partial charge in [0, 0.05) is 13.6 Å². The minimum atomic E-state index is -1.02. The molecule has 1 aromatic carbocycles. The third-order valence-electron chi connectivity index (χ3n) is 2.48. The molecule has 0 atom stereocenters. The SMILES string of the molecule is CN(CC(=O)O)C(=O)Cc1ccccc1CN. The summed E-state index contributed by atoms with van der Waals surface area (Å²) >= 11 is 0. The van der Waals surface area contributed by atoms with Crippen molar-refractivity contribution in [3.05, 3.63) is 35.4 Å². The lowest BCUT2D eigenvalue weighted by atomic mass is 10.0. The van der Waals surface area contributed by atoms with E-state index < -0.39 is 5.97 Å². The van der Waals surface area contributed by atoms with Crippen LogP contribution in [0.15, 0.2) is 24.3 Å². The number of rotatable bonds is 5. The van der Waals surface area contributed by atoms with Gasteiger partial charge in [-0.25, -0.2) is 0 Å². The second-order valence-corrected chi connectivity index (χ2v) is 3.79. The summed E-state index contributed by atoms with van der Waals surface area (Å²) in [4.78, 5) is 23.4. The molecule has 92 valence electrons. The highest BCUT2D eigenvalue weighted by atomic mass is 16.4. The highest BCUT2D eigenvalue weighted by Crippen LogP contribution is 2.09. The predicted molar refractivity (Wildman–Crippen MR) is 63.3 cm³/mol. The predicted octanol–water partition coefficient (Wildman–Crippen LogP) is 0.231. The lowest BCUT2D eigenvalue weighted by molar-refractivity contribution is -0.143. The van der Waals surface area contributed by atoms with E-state index in [4.69, 9.17) is 10.8 Å². The molecule has 0 aliphatic rings. The fourth-order valence-corrected chi connectivity index (χ4v) is 1.52. The first-order valence-corrected chi connectivity index (χ1v) is 5.27. The molecule has 0 saturated heterocycles. The third-order valence-corrected chi connectivity index (χ3v) is 2.48. The fourth-order valence-electron chi connectivity index (χ4n) is 1.52. The van der Waals surface area contributed by atoms with E-state index in [1.165, 1.54) is 11.9 Å². The molecule has 0 radical (unpaired) electrons. The van der Waals surface area contributed by atoms with Gasteiger partial charge < -0.3 is 15.7 Å². The van der Waals surface area contributed by atoms with Crippen LogP contribution in [0.5, 0.6) is 0 Å². The summed E-state index contributed by atoms with van der Waals surface area (Å²) in [7, 11) is 1.47. The molecule has 0 aromatic heterocycles. The Balaban J connectivity index is 2.70.